The van der Waals surface area contributed by atoms with Crippen LogP contribution in [-0.2, 0) is 9.59 Å². The second-order valence-electron chi connectivity index (χ2n) is 4.57. The van der Waals surface area contributed by atoms with Crippen molar-refractivity contribution in [1.82, 2.24) is 0 Å². The molecule has 2 atom stereocenters. The number of rotatable bonds is 1. The van der Waals surface area contributed by atoms with Crippen LogP contribution in [0.3, 0.4) is 0 Å². The van der Waals surface area contributed by atoms with Crippen molar-refractivity contribution in [2.75, 3.05) is 4.90 Å². The van der Waals surface area contributed by atoms with Gasteiger partial charge in [0.2, 0.25) is 5.91 Å². The van der Waals surface area contributed by atoms with Gasteiger partial charge in [-0.3, -0.25) is 9.59 Å². The SMILES string of the molecule is O=C1C[C@]2(C[C@@H](Cl)N=N2)C(=O)N1c1ccc(F)cc1. The molecule has 1 aromatic rings. The van der Waals surface area contributed by atoms with E-state index in [4.69, 9.17) is 11.6 Å². The van der Waals surface area contributed by atoms with Crippen LogP contribution in [0.25, 0.3) is 0 Å². The van der Waals surface area contributed by atoms with Gasteiger partial charge in [0, 0.05) is 6.42 Å². The predicted octanol–water partition coefficient (Wildman–Crippen LogP) is 2.25. The first-order chi connectivity index (χ1) is 9.02. The second-order valence-corrected chi connectivity index (χ2v) is 5.08. The smallest absolute Gasteiger partial charge is 0.264 e. The van der Waals surface area contributed by atoms with Crippen molar-refractivity contribution in [2.45, 2.75) is 23.9 Å². The average Bonchev–Trinajstić information content (AvgIpc) is 2.84. The van der Waals surface area contributed by atoms with Crippen molar-refractivity contribution >= 4 is 29.1 Å². The van der Waals surface area contributed by atoms with E-state index < -0.39 is 22.8 Å². The van der Waals surface area contributed by atoms with Gasteiger partial charge < -0.3 is 0 Å². The molecule has 5 nitrogen and oxygen atoms in total. The van der Waals surface area contributed by atoms with Crippen molar-refractivity contribution in [3.8, 4) is 0 Å². The molecule has 0 unspecified atom stereocenters. The number of benzene rings is 1. The third-order valence-electron chi connectivity index (χ3n) is 3.26. The highest BCUT2D eigenvalue weighted by atomic mass is 35.5. The zero-order valence-corrected chi connectivity index (χ0v) is 10.5. The summed E-state index contributed by atoms with van der Waals surface area (Å²) in [5, 5.41) is 7.61. The Morgan fingerprint density at radius 2 is 2.00 bits per heavy atom. The Morgan fingerprint density at radius 3 is 2.58 bits per heavy atom. The lowest BCUT2D eigenvalue weighted by molar-refractivity contribution is -0.122. The van der Waals surface area contributed by atoms with Crippen LogP contribution < -0.4 is 4.90 Å². The normalized spacial score (nSPS) is 29.8. The fraction of sp³-hybridized carbons (Fsp3) is 0.333. The third kappa shape index (κ3) is 1.83. The number of carbonyl (C=O) groups excluding carboxylic acids is 2. The Labute approximate surface area is 113 Å². The summed E-state index contributed by atoms with van der Waals surface area (Å²) < 4.78 is 12.9. The van der Waals surface area contributed by atoms with E-state index in [1.807, 2.05) is 0 Å². The number of carbonyl (C=O) groups is 2. The maximum Gasteiger partial charge on any atom is 0.264 e. The quantitative estimate of drug-likeness (QED) is 0.450. The third-order valence-corrected chi connectivity index (χ3v) is 3.50. The lowest BCUT2D eigenvalue weighted by Crippen LogP contribution is -2.38. The first-order valence-electron chi connectivity index (χ1n) is 5.71. The largest absolute Gasteiger partial charge is 0.274 e. The average molecular weight is 282 g/mol. The van der Waals surface area contributed by atoms with Crippen molar-refractivity contribution in [2.24, 2.45) is 10.2 Å². The van der Waals surface area contributed by atoms with Crippen LogP contribution in [0.5, 0.6) is 0 Å². The maximum absolute atomic E-state index is 12.9. The molecule has 2 aliphatic heterocycles. The summed E-state index contributed by atoms with van der Waals surface area (Å²) in [7, 11) is 0. The Kier molecular flexibility index (Phi) is 2.63. The van der Waals surface area contributed by atoms with Gasteiger partial charge in [0.15, 0.2) is 5.54 Å². The van der Waals surface area contributed by atoms with E-state index in [9.17, 15) is 14.0 Å². The zero-order chi connectivity index (χ0) is 13.6. The first kappa shape index (κ1) is 12.2. The van der Waals surface area contributed by atoms with E-state index in [-0.39, 0.29) is 18.7 Å². The molecule has 0 bridgehead atoms. The van der Waals surface area contributed by atoms with E-state index in [2.05, 4.69) is 10.2 Å². The molecule has 2 aliphatic rings. The van der Waals surface area contributed by atoms with Gasteiger partial charge in [-0.2, -0.15) is 10.2 Å². The van der Waals surface area contributed by atoms with Gasteiger partial charge in [-0.05, 0) is 24.3 Å². The van der Waals surface area contributed by atoms with Crippen molar-refractivity contribution in [3.05, 3.63) is 30.1 Å². The van der Waals surface area contributed by atoms with Crippen LogP contribution in [0.15, 0.2) is 34.5 Å². The Hall–Kier alpha value is -1.82. The molecule has 0 saturated carbocycles. The van der Waals surface area contributed by atoms with Gasteiger partial charge in [-0.1, -0.05) is 11.6 Å². The molecule has 0 radical (unpaired) electrons. The van der Waals surface area contributed by atoms with Crippen LogP contribution in [0.2, 0.25) is 0 Å². The number of hydrogen-bond donors (Lipinski definition) is 0. The minimum absolute atomic E-state index is 0.0457. The lowest BCUT2D eigenvalue weighted by Gasteiger charge is -2.17. The summed E-state index contributed by atoms with van der Waals surface area (Å²) in [6, 6.07) is 5.16. The summed E-state index contributed by atoms with van der Waals surface area (Å²) in [6.07, 6.45) is 0.173. The van der Waals surface area contributed by atoms with Gasteiger partial charge in [0.25, 0.3) is 5.91 Å². The van der Waals surface area contributed by atoms with Crippen LogP contribution in [0.4, 0.5) is 10.1 Å². The number of imide groups is 1. The highest BCUT2D eigenvalue weighted by molar-refractivity contribution is 6.26. The van der Waals surface area contributed by atoms with Gasteiger partial charge >= 0.3 is 0 Å². The molecule has 2 heterocycles. The van der Waals surface area contributed by atoms with E-state index in [1.165, 1.54) is 24.3 Å². The summed E-state index contributed by atoms with van der Waals surface area (Å²) in [6.45, 7) is 0. The molecule has 3 rings (SSSR count). The summed E-state index contributed by atoms with van der Waals surface area (Å²) >= 11 is 5.82. The molecule has 1 saturated heterocycles. The molecule has 1 spiro atoms. The summed E-state index contributed by atoms with van der Waals surface area (Å²) in [5.74, 6) is -1.25. The fourth-order valence-electron chi connectivity index (χ4n) is 2.35. The zero-order valence-electron chi connectivity index (χ0n) is 9.72. The summed E-state index contributed by atoms with van der Waals surface area (Å²) in [5.41, 5.74) is -1.41. The maximum atomic E-state index is 12.9. The Morgan fingerprint density at radius 1 is 1.32 bits per heavy atom. The van der Waals surface area contributed by atoms with E-state index in [1.54, 1.807) is 0 Å². The highest BCUT2D eigenvalue weighted by Crippen LogP contribution is 2.40. The molecule has 0 aliphatic carbocycles. The molecule has 98 valence electrons. The van der Waals surface area contributed by atoms with Crippen molar-refractivity contribution in [1.29, 1.82) is 0 Å². The summed E-state index contributed by atoms with van der Waals surface area (Å²) in [4.78, 5) is 25.4. The standard InChI is InChI=1S/C12H9ClFN3O2/c13-9-5-12(16-15-9)6-10(18)17(11(12)19)8-3-1-7(14)2-4-8/h1-4,9H,5-6H2/t9-,12+/m0/s1. The fourth-order valence-corrected chi connectivity index (χ4v) is 2.65. The van der Waals surface area contributed by atoms with Crippen LogP contribution in [0, 0.1) is 5.82 Å². The van der Waals surface area contributed by atoms with Crippen LogP contribution in [0.1, 0.15) is 12.8 Å². The monoisotopic (exact) mass is 281 g/mol. The van der Waals surface area contributed by atoms with Crippen molar-refractivity contribution in [3.63, 3.8) is 0 Å². The molecule has 7 heteroatoms. The molecule has 2 amide bonds. The molecule has 0 aromatic heterocycles. The number of halogens is 2. The van der Waals surface area contributed by atoms with Crippen LogP contribution >= 0.6 is 11.6 Å². The number of azo groups is 1. The number of nitrogens with zero attached hydrogens (tertiary/aromatic N) is 3. The lowest BCUT2D eigenvalue weighted by atomic mass is 9.95. The van der Waals surface area contributed by atoms with E-state index in [0.717, 1.165) is 4.90 Å². The van der Waals surface area contributed by atoms with E-state index >= 15 is 0 Å². The first-order valence-corrected chi connectivity index (χ1v) is 6.14. The van der Waals surface area contributed by atoms with Crippen molar-refractivity contribution < 1.29 is 14.0 Å². The highest BCUT2D eigenvalue weighted by Gasteiger charge is 2.56. The minimum Gasteiger partial charge on any atom is -0.274 e. The molecule has 19 heavy (non-hydrogen) atoms. The predicted molar refractivity (Wildman–Crippen MR) is 65.4 cm³/mol. The molecule has 0 N–H and O–H groups in total. The minimum atomic E-state index is -1.17. The van der Waals surface area contributed by atoms with E-state index in [0.29, 0.717) is 5.69 Å². The van der Waals surface area contributed by atoms with Gasteiger partial charge in [0.1, 0.15) is 11.3 Å². The molecule has 1 aromatic carbocycles. The second kappa shape index (κ2) is 4.09. The van der Waals surface area contributed by atoms with Crippen LogP contribution in [-0.4, -0.2) is 22.9 Å². The Balaban J connectivity index is 1.96. The number of hydrogen-bond acceptors (Lipinski definition) is 4. The van der Waals surface area contributed by atoms with Gasteiger partial charge in [0.05, 0.1) is 12.1 Å². The van der Waals surface area contributed by atoms with Gasteiger partial charge in [-0.15, -0.1) is 0 Å². The molecular formula is C12H9ClFN3O2. The Bertz CT molecular complexity index is 589. The number of amides is 2. The molecular weight excluding hydrogens is 273 g/mol. The van der Waals surface area contributed by atoms with Gasteiger partial charge in [-0.25, -0.2) is 9.29 Å². The topological polar surface area (TPSA) is 62.1 Å². The number of anilines is 1. The molecule has 1 fully saturated rings. The number of alkyl halides is 1.